The monoisotopic (exact) mass is 256 g/mol. The van der Waals surface area contributed by atoms with Crippen LogP contribution in [0.4, 0.5) is 0 Å². The quantitative estimate of drug-likeness (QED) is 0.569. The zero-order valence-corrected chi connectivity index (χ0v) is 11.5. The number of amides is 1. The Morgan fingerprint density at radius 3 is 2.44 bits per heavy atom. The van der Waals surface area contributed by atoms with Gasteiger partial charge in [-0.3, -0.25) is 4.79 Å². The van der Waals surface area contributed by atoms with E-state index in [1.807, 2.05) is 0 Å². The number of carboxylic acids is 1. The summed E-state index contributed by atoms with van der Waals surface area (Å²) in [5.41, 5.74) is -1.08. The highest BCUT2D eigenvalue weighted by molar-refractivity contribution is 5.87. The van der Waals surface area contributed by atoms with Gasteiger partial charge < -0.3 is 15.7 Å². The molecule has 1 rings (SSSR count). The SMILES string of the molecule is CC(C)NCCCC(=O)NC(C)(C(=O)O)C1CC1. The minimum absolute atomic E-state index is 0.0905. The molecule has 1 saturated carbocycles. The first-order chi connectivity index (χ1) is 8.36. The maximum absolute atomic E-state index is 11.7. The number of aliphatic carboxylic acids is 1. The van der Waals surface area contributed by atoms with Crippen molar-refractivity contribution in [2.75, 3.05) is 6.54 Å². The van der Waals surface area contributed by atoms with E-state index in [0.717, 1.165) is 25.8 Å². The van der Waals surface area contributed by atoms with E-state index in [1.165, 1.54) is 0 Å². The second-order valence-electron chi connectivity index (χ2n) is 5.54. The summed E-state index contributed by atoms with van der Waals surface area (Å²) < 4.78 is 0. The number of hydrogen-bond acceptors (Lipinski definition) is 3. The first-order valence-corrected chi connectivity index (χ1v) is 6.64. The van der Waals surface area contributed by atoms with Crippen LogP contribution in [-0.4, -0.2) is 35.1 Å². The molecule has 0 saturated heterocycles. The fourth-order valence-electron chi connectivity index (χ4n) is 1.98. The second-order valence-corrected chi connectivity index (χ2v) is 5.54. The van der Waals surface area contributed by atoms with Crippen molar-refractivity contribution in [3.05, 3.63) is 0 Å². The summed E-state index contributed by atoms with van der Waals surface area (Å²) in [6.45, 7) is 6.49. The van der Waals surface area contributed by atoms with E-state index >= 15 is 0 Å². The standard InChI is InChI=1S/C13H24N2O3/c1-9(2)14-8-4-5-11(16)15-13(3,12(17)18)10-6-7-10/h9-10,14H,4-8H2,1-3H3,(H,15,16)(H,17,18). The van der Waals surface area contributed by atoms with Crippen molar-refractivity contribution in [3.63, 3.8) is 0 Å². The Balaban J connectivity index is 2.31. The van der Waals surface area contributed by atoms with Gasteiger partial charge in [-0.1, -0.05) is 13.8 Å². The van der Waals surface area contributed by atoms with Gasteiger partial charge in [0.2, 0.25) is 5.91 Å². The van der Waals surface area contributed by atoms with Crippen LogP contribution in [0.3, 0.4) is 0 Å². The molecule has 0 spiro atoms. The van der Waals surface area contributed by atoms with E-state index in [9.17, 15) is 14.7 Å². The van der Waals surface area contributed by atoms with Gasteiger partial charge in [-0.05, 0) is 38.6 Å². The molecule has 0 aromatic rings. The van der Waals surface area contributed by atoms with Crippen molar-refractivity contribution in [3.8, 4) is 0 Å². The van der Waals surface area contributed by atoms with E-state index in [-0.39, 0.29) is 11.8 Å². The molecule has 1 aliphatic carbocycles. The summed E-state index contributed by atoms with van der Waals surface area (Å²) in [4.78, 5) is 23.0. The highest BCUT2D eigenvalue weighted by Gasteiger charge is 2.48. The van der Waals surface area contributed by atoms with Gasteiger partial charge in [0.05, 0.1) is 0 Å². The lowest BCUT2D eigenvalue weighted by molar-refractivity contribution is -0.147. The van der Waals surface area contributed by atoms with Crippen LogP contribution in [-0.2, 0) is 9.59 Å². The Morgan fingerprint density at radius 1 is 1.39 bits per heavy atom. The lowest BCUT2D eigenvalue weighted by atomic mass is 9.95. The fourth-order valence-corrected chi connectivity index (χ4v) is 1.98. The molecule has 0 radical (unpaired) electrons. The number of carboxylic acid groups (broad SMARTS) is 1. The summed E-state index contributed by atoms with van der Waals surface area (Å²) >= 11 is 0. The molecule has 1 unspecified atom stereocenters. The van der Waals surface area contributed by atoms with Crippen LogP contribution in [0.25, 0.3) is 0 Å². The van der Waals surface area contributed by atoms with E-state index in [2.05, 4.69) is 24.5 Å². The Labute approximate surface area is 108 Å². The summed E-state index contributed by atoms with van der Waals surface area (Å²) in [5, 5.41) is 15.1. The van der Waals surface area contributed by atoms with Gasteiger partial charge in [0.25, 0.3) is 0 Å². The molecule has 104 valence electrons. The Kier molecular flexibility index (Phi) is 5.14. The maximum atomic E-state index is 11.7. The van der Waals surface area contributed by atoms with E-state index in [0.29, 0.717) is 12.5 Å². The normalized spacial score (nSPS) is 18.4. The molecule has 0 bridgehead atoms. The van der Waals surface area contributed by atoms with Crippen LogP contribution in [0.2, 0.25) is 0 Å². The number of carbonyl (C=O) groups is 2. The smallest absolute Gasteiger partial charge is 0.329 e. The molecule has 0 aliphatic heterocycles. The van der Waals surface area contributed by atoms with Gasteiger partial charge in [-0.2, -0.15) is 0 Å². The van der Waals surface area contributed by atoms with Gasteiger partial charge in [-0.25, -0.2) is 4.79 Å². The van der Waals surface area contributed by atoms with Crippen molar-refractivity contribution in [2.24, 2.45) is 5.92 Å². The van der Waals surface area contributed by atoms with Gasteiger partial charge in [0.1, 0.15) is 5.54 Å². The number of carbonyl (C=O) groups excluding carboxylic acids is 1. The molecule has 1 aliphatic rings. The zero-order valence-electron chi connectivity index (χ0n) is 11.5. The third-order valence-corrected chi connectivity index (χ3v) is 3.37. The van der Waals surface area contributed by atoms with Crippen molar-refractivity contribution < 1.29 is 14.7 Å². The van der Waals surface area contributed by atoms with Gasteiger partial charge in [-0.15, -0.1) is 0 Å². The molecule has 0 aromatic carbocycles. The lowest BCUT2D eigenvalue weighted by Crippen LogP contribution is -2.54. The average Bonchev–Trinajstić information content (AvgIpc) is 3.07. The molecule has 5 heteroatoms. The second kappa shape index (κ2) is 6.18. The summed E-state index contributed by atoms with van der Waals surface area (Å²) in [5.74, 6) is -1.01. The molecule has 0 aromatic heterocycles. The number of rotatable bonds is 8. The first-order valence-electron chi connectivity index (χ1n) is 6.64. The van der Waals surface area contributed by atoms with Crippen molar-refractivity contribution in [2.45, 2.75) is 58.0 Å². The third kappa shape index (κ3) is 4.29. The van der Waals surface area contributed by atoms with E-state index in [1.54, 1.807) is 6.92 Å². The van der Waals surface area contributed by atoms with Gasteiger partial charge in [0.15, 0.2) is 0 Å². The van der Waals surface area contributed by atoms with Crippen molar-refractivity contribution in [1.29, 1.82) is 0 Å². The highest BCUT2D eigenvalue weighted by atomic mass is 16.4. The van der Waals surface area contributed by atoms with Crippen molar-refractivity contribution in [1.82, 2.24) is 10.6 Å². The summed E-state index contributed by atoms with van der Waals surface area (Å²) in [6.07, 6.45) is 2.87. The Hall–Kier alpha value is -1.10. The number of hydrogen-bond donors (Lipinski definition) is 3. The van der Waals surface area contributed by atoms with Crippen LogP contribution >= 0.6 is 0 Å². The van der Waals surface area contributed by atoms with Crippen LogP contribution in [0, 0.1) is 5.92 Å². The summed E-state index contributed by atoms with van der Waals surface area (Å²) in [7, 11) is 0. The molecule has 1 fully saturated rings. The molecule has 1 atom stereocenters. The van der Waals surface area contributed by atoms with Crippen molar-refractivity contribution >= 4 is 11.9 Å². The predicted molar refractivity (Wildman–Crippen MR) is 69.3 cm³/mol. The molecule has 3 N–H and O–H groups in total. The van der Waals surface area contributed by atoms with Crippen LogP contribution in [0.15, 0.2) is 0 Å². The Morgan fingerprint density at radius 2 is 2.00 bits per heavy atom. The molecule has 5 nitrogen and oxygen atoms in total. The zero-order chi connectivity index (χ0) is 13.8. The van der Waals surface area contributed by atoms with E-state index in [4.69, 9.17) is 0 Å². The largest absolute Gasteiger partial charge is 0.480 e. The minimum Gasteiger partial charge on any atom is -0.480 e. The van der Waals surface area contributed by atoms with Gasteiger partial charge in [0, 0.05) is 12.5 Å². The highest BCUT2D eigenvalue weighted by Crippen LogP contribution is 2.39. The third-order valence-electron chi connectivity index (χ3n) is 3.37. The fraction of sp³-hybridized carbons (Fsp3) is 0.846. The van der Waals surface area contributed by atoms with Crippen LogP contribution in [0.1, 0.15) is 46.5 Å². The molecule has 0 heterocycles. The molecule has 18 heavy (non-hydrogen) atoms. The van der Waals surface area contributed by atoms with Gasteiger partial charge >= 0.3 is 5.97 Å². The average molecular weight is 256 g/mol. The maximum Gasteiger partial charge on any atom is 0.329 e. The van der Waals surface area contributed by atoms with E-state index < -0.39 is 11.5 Å². The van der Waals surface area contributed by atoms with Crippen LogP contribution in [0.5, 0.6) is 0 Å². The summed E-state index contributed by atoms with van der Waals surface area (Å²) in [6, 6.07) is 0.406. The molecular formula is C13H24N2O3. The lowest BCUT2D eigenvalue weighted by Gasteiger charge is -2.26. The predicted octanol–water partition coefficient (Wildman–Crippen LogP) is 1.13. The molecular weight excluding hydrogens is 232 g/mol. The number of nitrogens with one attached hydrogen (secondary N) is 2. The topological polar surface area (TPSA) is 78.4 Å². The molecule has 1 amide bonds. The van der Waals surface area contributed by atoms with Crippen LogP contribution < -0.4 is 10.6 Å². The first kappa shape index (κ1) is 15.0. The Bertz CT molecular complexity index is 313. The minimum atomic E-state index is -1.08.